The van der Waals surface area contributed by atoms with E-state index in [9.17, 15) is 13.6 Å². The standard InChI is InChI=1S/C17H21F2NO2/c18-14-4-2-13(15(19)10-14)3-5-16(21)20-8-1-6-17(11-20)7-9-22-12-17/h2,4,10H,1,3,5-9,11-12H2. The summed E-state index contributed by atoms with van der Waals surface area (Å²) in [5.41, 5.74) is 0.528. The predicted octanol–water partition coefficient (Wildman–Crippen LogP) is 2.93. The lowest BCUT2D eigenvalue weighted by molar-refractivity contribution is -0.134. The summed E-state index contributed by atoms with van der Waals surface area (Å²) < 4.78 is 32.0. The second kappa shape index (κ2) is 6.32. The first kappa shape index (κ1) is 15.4. The number of amides is 1. The number of likely N-dealkylation sites (tertiary alicyclic amines) is 1. The SMILES string of the molecule is O=C(CCc1ccc(F)cc1F)N1CCCC2(CCOC2)C1. The largest absolute Gasteiger partial charge is 0.381 e. The number of nitrogens with zero attached hydrogens (tertiary/aromatic N) is 1. The van der Waals surface area contributed by atoms with E-state index in [0.29, 0.717) is 12.0 Å². The number of aryl methyl sites for hydroxylation is 1. The quantitative estimate of drug-likeness (QED) is 0.859. The molecule has 1 amide bonds. The van der Waals surface area contributed by atoms with Crippen LogP contribution in [0.1, 0.15) is 31.2 Å². The van der Waals surface area contributed by atoms with Crippen LogP contribution in [-0.2, 0) is 16.0 Å². The van der Waals surface area contributed by atoms with Gasteiger partial charge in [-0.05, 0) is 37.3 Å². The zero-order valence-electron chi connectivity index (χ0n) is 12.6. The molecule has 0 bridgehead atoms. The van der Waals surface area contributed by atoms with Gasteiger partial charge in [-0.2, -0.15) is 0 Å². The van der Waals surface area contributed by atoms with Gasteiger partial charge in [0.05, 0.1) is 6.61 Å². The van der Waals surface area contributed by atoms with E-state index in [-0.39, 0.29) is 17.7 Å². The molecule has 0 aromatic heterocycles. The van der Waals surface area contributed by atoms with E-state index in [2.05, 4.69) is 0 Å². The first-order chi connectivity index (χ1) is 10.6. The summed E-state index contributed by atoms with van der Waals surface area (Å²) in [6.45, 7) is 3.04. The van der Waals surface area contributed by atoms with E-state index in [1.54, 1.807) is 0 Å². The van der Waals surface area contributed by atoms with Crippen LogP contribution >= 0.6 is 0 Å². The summed E-state index contributed by atoms with van der Waals surface area (Å²) in [7, 11) is 0. The van der Waals surface area contributed by atoms with Crippen molar-refractivity contribution in [2.75, 3.05) is 26.3 Å². The lowest BCUT2D eigenvalue weighted by Crippen LogP contribution is -2.46. The van der Waals surface area contributed by atoms with Gasteiger partial charge in [-0.15, -0.1) is 0 Å². The van der Waals surface area contributed by atoms with Crippen molar-refractivity contribution in [1.82, 2.24) is 4.90 Å². The minimum atomic E-state index is -0.591. The first-order valence-electron chi connectivity index (χ1n) is 7.87. The number of hydrogen-bond acceptors (Lipinski definition) is 2. The number of piperidine rings is 1. The van der Waals surface area contributed by atoms with Gasteiger partial charge in [0.2, 0.25) is 5.91 Å². The Hall–Kier alpha value is -1.49. The molecular formula is C17H21F2NO2. The molecule has 1 aromatic carbocycles. The molecule has 2 aliphatic rings. The third kappa shape index (κ3) is 3.29. The monoisotopic (exact) mass is 309 g/mol. The van der Waals surface area contributed by atoms with Crippen molar-refractivity contribution in [3.63, 3.8) is 0 Å². The maximum atomic E-state index is 13.6. The van der Waals surface area contributed by atoms with Crippen molar-refractivity contribution in [2.45, 2.75) is 32.1 Å². The number of ether oxygens (including phenoxy) is 1. The highest BCUT2D eigenvalue weighted by atomic mass is 19.1. The maximum absolute atomic E-state index is 13.6. The smallest absolute Gasteiger partial charge is 0.222 e. The Morgan fingerprint density at radius 1 is 1.32 bits per heavy atom. The normalized spacial score (nSPS) is 24.9. The van der Waals surface area contributed by atoms with E-state index >= 15 is 0 Å². The highest BCUT2D eigenvalue weighted by Gasteiger charge is 2.40. The molecule has 5 heteroatoms. The Balaban J connectivity index is 1.57. The van der Waals surface area contributed by atoms with Gasteiger partial charge in [-0.25, -0.2) is 8.78 Å². The van der Waals surface area contributed by atoms with Gasteiger partial charge in [-0.3, -0.25) is 4.79 Å². The Bertz CT molecular complexity index is 556. The number of carbonyl (C=O) groups excluding carboxylic acids is 1. The summed E-state index contributed by atoms with van der Waals surface area (Å²) in [6.07, 6.45) is 3.71. The molecule has 2 fully saturated rings. The highest BCUT2D eigenvalue weighted by Crippen LogP contribution is 2.37. The van der Waals surface area contributed by atoms with E-state index in [1.807, 2.05) is 4.90 Å². The molecule has 2 heterocycles. The van der Waals surface area contributed by atoms with Gasteiger partial charge in [0.1, 0.15) is 11.6 Å². The van der Waals surface area contributed by atoms with Crippen LogP contribution in [0.25, 0.3) is 0 Å². The van der Waals surface area contributed by atoms with Crippen molar-refractivity contribution >= 4 is 5.91 Å². The van der Waals surface area contributed by atoms with E-state index in [1.165, 1.54) is 12.1 Å². The summed E-state index contributed by atoms with van der Waals surface area (Å²) in [4.78, 5) is 14.3. The van der Waals surface area contributed by atoms with Crippen LogP contribution in [-0.4, -0.2) is 37.1 Å². The number of halogens is 2. The van der Waals surface area contributed by atoms with Crippen molar-refractivity contribution < 1.29 is 18.3 Å². The van der Waals surface area contributed by atoms with Gasteiger partial charge >= 0.3 is 0 Å². The average Bonchev–Trinajstić information content (AvgIpc) is 2.94. The van der Waals surface area contributed by atoms with Crippen LogP contribution < -0.4 is 0 Å². The Kier molecular flexibility index (Phi) is 4.43. The average molecular weight is 309 g/mol. The maximum Gasteiger partial charge on any atom is 0.222 e. The van der Waals surface area contributed by atoms with Gasteiger partial charge in [-0.1, -0.05) is 6.07 Å². The fourth-order valence-corrected chi connectivity index (χ4v) is 3.52. The number of carbonyl (C=O) groups is 1. The summed E-state index contributed by atoms with van der Waals surface area (Å²) in [5.74, 6) is -1.12. The molecule has 1 aromatic rings. The van der Waals surface area contributed by atoms with Crippen LogP contribution in [0.4, 0.5) is 8.78 Å². The Morgan fingerprint density at radius 2 is 2.18 bits per heavy atom. The van der Waals surface area contributed by atoms with Gasteiger partial charge < -0.3 is 9.64 Å². The topological polar surface area (TPSA) is 29.5 Å². The molecule has 22 heavy (non-hydrogen) atoms. The lowest BCUT2D eigenvalue weighted by atomic mass is 9.79. The Labute approximate surface area is 129 Å². The zero-order chi connectivity index (χ0) is 15.6. The lowest BCUT2D eigenvalue weighted by Gasteiger charge is -2.39. The van der Waals surface area contributed by atoms with Gasteiger partial charge in [0.15, 0.2) is 0 Å². The van der Waals surface area contributed by atoms with Gasteiger partial charge in [0, 0.05) is 37.6 Å². The molecule has 3 nitrogen and oxygen atoms in total. The minimum absolute atomic E-state index is 0.0506. The minimum Gasteiger partial charge on any atom is -0.381 e. The van der Waals surface area contributed by atoms with Gasteiger partial charge in [0.25, 0.3) is 0 Å². The van der Waals surface area contributed by atoms with Crippen LogP contribution in [0, 0.1) is 17.0 Å². The highest BCUT2D eigenvalue weighted by molar-refractivity contribution is 5.76. The molecule has 0 saturated carbocycles. The third-order valence-electron chi connectivity index (χ3n) is 4.82. The molecule has 1 atom stereocenters. The molecule has 2 saturated heterocycles. The van der Waals surface area contributed by atoms with Crippen LogP contribution in [0.2, 0.25) is 0 Å². The molecular weight excluding hydrogens is 288 g/mol. The number of rotatable bonds is 3. The fraction of sp³-hybridized carbons (Fsp3) is 0.588. The van der Waals surface area contributed by atoms with Crippen LogP contribution in [0.3, 0.4) is 0 Å². The van der Waals surface area contributed by atoms with E-state index in [0.717, 1.165) is 51.6 Å². The molecule has 0 N–H and O–H groups in total. The summed E-state index contributed by atoms with van der Waals surface area (Å²) in [5, 5.41) is 0. The molecule has 0 aliphatic carbocycles. The second-order valence-electron chi connectivity index (χ2n) is 6.46. The van der Waals surface area contributed by atoms with Crippen LogP contribution in [0.5, 0.6) is 0 Å². The van der Waals surface area contributed by atoms with Crippen molar-refractivity contribution in [2.24, 2.45) is 5.41 Å². The van der Waals surface area contributed by atoms with Crippen molar-refractivity contribution in [3.05, 3.63) is 35.4 Å². The second-order valence-corrected chi connectivity index (χ2v) is 6.46. The van der Waals surface area contributed by atoms with E-state index < -0.39 is 11.6 Å². The zero-order valence-corrected chi connectivity index (χ0v) is 12.6. The van der Waals surface area contributed by atoms with Crippen LogP contribution in [0.15, 0.2) is 18.2 Å². The predicted molar refractivity (Wildman–Crippen MR) is 78.4 cm³/mol. The van der Waals surface area contributed by atoms with E-state index in [4.69, 9.17) is 4.74 Å². The molecule has 3 rings (SSSR count). The third-order valence-corrected chi connectivity index (χ3v) is 4.82. The van der Waals surface area contributed by atoms with Crippen molar-refractivity contribution in [3.8, 4) is 0 Å². The summed E-state index contributed by atoms with van der Waals surface area (Å²) in [6, 6.07) is 3.51. The first-order valence-corrected chi connectivity index (χ1v) is 7.87. The molecule has 1 spiro atoms. The fourth-order valence-electron chi connectivity index (χ4n) is 3.52. The number of hydrogen-bond donors (Lipinski definition) is 0. The Morgan fingerprint density at radius 3 is 2.91 bits per heavy atom. The molecule has 120 valence electrons. The number of benzene rings is 1. The molecule has 0 radical (unpaired) electrons. The summed E-state index contributed by atoms with van der Waals surface area (Å²) >= 11 is 0. The molecule has 2 aliphatic heterocycles. The molecule has 1 unspecified atom stereocenters. The van der Waals surface area contributed by atoms with Crippen molar-refractivity contribution in [1.29, 1.82) is 0 Å².